The molecule has 5 nitrogen and oxygen atoms in total. The fourth-order valence-electron chi connectivity index (χ4n) is 1.68. The summed E-state index contributed by atoms with van der Waals surface area (Å²) in [4.78, 5) is 23.5. The van der Waals surface area contributed by atoms with E-state index >= 15 is 0 Å². The number of hydrogen-bond acceptors (Lipinski definition) is 3. The van der Waals surface area contributed by atoms with Crippen molar-refractivity contribution < 1.29 is 9.59 Å². The quantitative estimate of drug-likeness (QED) is 0.660. The molecule has 0 saturated carbocycles. The van der Waals surface area contributed by atoms with Crippen molar-refractivity contribution >= 4 is 17.5 Å². The second-order valence-corrected chi connectivity index (χ2v) is 4.41. The lowest BCUT2D eigenvalue weighted by molar-refractivity contribution is -0.119. The van der Waals surface area contributed by atoms with E-state index in [1.54, 1.807) is 30.3 Å². The molecule has 0 fully saturated rings. The molecule has 20 heavy (non-hydrogen) atoms. The van der Waals surface area contributed by atoms with Gasteiger partial charge in [-0.15, -0.1) is 6.58 Å². The van der Waals surface area contributed by atoms with Crippen LogP contribution in [0.3, 0.4) is 0 Å². The van der Waals surface area contributed by atoms with Gasteiger partial charge in [0.05, 0.1) is 5.92 Å². The van der Waals surface area contributed by atoms with Crippen LogP contribution < -0.4 is 16.4 Å². The van der Waals surface area contributed by atoms with Gasteiger partial charge in [0.1, 0.15) is 0 Å². The molecule has 1 atom stereocenters. The van der Waals surface area contributed by atoms with Gasteiger partial charge in [-0.25, -0.2) is 0 Å². The van der Waals surface area contributed by atoms with Crippen molar-refractivity contribution in [2.75, 3.05) is 18.4 Å². The summed E-state index contributed by atoms with van der Waals surface area (Å²) in [5, 5.41) is 5.47. The monoisotopic (exact) mass is 275 g/mol. The lowest BCUT2D eigenvalue weighted by Crippen LogP contribution is -2.28. The highest BCUT2D eigenvalue weighted by Crippen LogP contribution is 2.12. The standard InChI is InChI=1S/C15H21N3O2/c1-3-9-17-14(19)12-5-7-13(8-6-12)18-15(20)11(4-2)10-16/h3,5-8,11H,1,4,9-10,16H2,2H3,(H,17,19)(H,18,20). The Labute approximate surface area is 119 Å². The van der Waals surface area contributed by atoms with E-state index in [-0.39, 0.29) is 17.7 Å². The molecule has 0 radical (unpaired) electrons. The van der Waals surface area contributed by atoms with Crippen LogP contribution in [0.4, 0.5) is 5.69 Å². The molecule has 0 aliphatic heterocycles. The third kappa shape index (κ3) is 4.51. The SMILES string of the molecule is C=CCNC(=O)c1ccc(NC(=O)C(CC)CN)cc1. The van der Waals surface area contributed by atoms with Gasteiger partial charge in [-0.3, -0.25) is 9.59 Å². The second kappa shape index (κ2) is 8.12. The van der Waals surface area contributed by atoms with E-state index in [9.17, 15) is 9.59 Å². The highest BCUT2D eigenvalue weighted by atomic mass is 16.2. The van der Waals surface area contributed by atoms with Crippen LogP contribution in [-0.4, -0.2) is 24.9 Å². The number of nitrogens with one attached hydrogen (secondary N) is 2. The van der Waals surface area contributed by atoms with E-state index in [4.69, 9.17) is 5.73 Å². The minimum absolute atomic E-state index is 0.0983. The molecule has 4 N–H and O–H groups in total. The molecule has 2 amide bonds. The molecule has 1 rings (SSSR count). The molecule has 1 aromatic carbocycles. The van der Waals surface area contributed by atoms with E-state index in [2.05, 4.69) is 17.2 Å². The molecule has 0 heterocycles. The molecule has 108 valence electrons. The number of carbonyl (C=O) groups is 2. The molecular weight excluding hydrogens is 254 g/mol. The number of nitrogens with two attached hydrogens (primary N) is 1. The fourth-order valence-corrected chi connectivity index (χ4v) is 1.68. The first-order valence-corrected chi connectivity index (χ1v) is 6.62. The molecular formula is C15H21N3O2. The predicted molar refractivity (Wildman–Crippen MR) is 80.4 cm³/mol. The molecule has 0 spiro atoms. The number of benzene rings is 1. The first-order valence-electron chi connectivity index (χ1n) is 6.62. The van der Waals surface area contributed by atoms with Gasteiger partial charge in [-0.05, 0) is 30.7 Å². The van der Waals surface area contributed by atoms with Crippen LogP contribution in [0, 0.1) is 5.92 Å². The summed E-state index contributed by atoms with van der Waals surface area (Å²) >= 11 is 0. The summed E-state index contributed by atoms with van der Waals surface area (Å²) in [6.07, 6.45) is 2.31. The minimum Gasteiger partial charge on any atom is -0.349 e. The van der Waals surface area contributed by atoms with Crippen molar-refractivity contribution in [3.8, 4) is 0 Å². The van der Waals surface area contributed by atoms with Crippen molar-refractivity contribution in [1.29, 1.82) is 0 Å². The van der Waals surface area contributed by atoms with Gasteiger partial charge in [-0.1, -0.05) is 13.0 Å². The summed E-state index contributed by atoms with van der Waals surface area (Å²) in [5.74, 6) is -0.458. The summed E-state index contributed by atoms with van der Waals surface area (Å²) in [6, 6.07) is 6.72. The van der Waals surface area contributed by atoms with Crippen LogP contribution in [0.15, 0.2) is 36.9 Å². The summed E-state index contributed by atoms with van der Waals surface area (Å²) in [6.45, 7) is 6.20. The number of carbonyl (C=O) groups excluding carboxylic acids is 2. The fraction of sp³-hybridized carbons (Fsp3) is 0.333. The van der Waals surface area contributed by atoms with Crippen LogP contribution in [0.5, 0.6) is 0 Å². The van der Waals surface area contributed by atoms with E-state index in [1.807, 2.05) is 6.92 Å². The Kier molecular flexibility index (Phi) is 6.46. The maximum atomic E-state index is 11.9. The number of hydrogen-bond donors (Lipinski definition) is 3. The van der Waals surface area contributed by atoms with E-state index in [1.165, 1.54) is 0 Å². The number of anilines is 1. The van der Waals surface area contributed by atoms with Gasteiger partial charge < -0.3 is 16.4 Å². The molecule has 0 aromatic heterocycles. The van der Waals surface area contributed by atoms with Gasteiger partial charge in [0, 0.05) is 24.3 Å². The third-order valence-electron chi connectivity index (χ3n) is 2.97. The highest BCUT2D eigenvalue weighted by Gasteiger charge is 2.14. The van der Waals surface area contributed by atoms with E-state index in [0.29, 0.717) is 30.8 Å². The molecule has 0 aliphatic carbocycles. The van der Waals surface area contributed by atoms with Crippen molar-refractivity contribution in [3.63, 3.8) is 0 Å². The first-order chi connectivity index (χ1) is 9.62. The zero-order valence-corrected chi connectivity index (χ0v) is 11.7. The number of amides is 2. The Morgan fingerprint density at radius 3 is 2.50 bits per heavy atom. The van der Waals surface area contributed by atoms with Crippen LogP contribution in [0.1, 0.15) is 23.7 Å². The van der Waals surface area contributed by atoms with Crippen LogP contribution in [0.2, 0.25) is 0 Å². The van der Waals surface area contributed by atoms with Crippen molar-refractivity contribution in [2.45, 2.75) is 13.3 Å². The van der Waals surface area contributed by atoms with Gasteiger partial charge in [0.15, 0.2) is 0 Å². The van der Waals surface area contributed by atoms with Gasteiger partial charge >= 0.3 is 0 Å². The van der Waals surface area contributed by atoms with Crippen LogP contribution in [-0.2, 0) is 4.79 Å². The summed E-state index contributed by atoms with van der Waals surface area (Å²) < 4.78 is 0. The maximum absolute atomic E-state index is 11.9. The average Bonchev–Trinajstić information content (AvgIpc) is 2.46. The van der Waals surface area contributed by atoms with E-state index in [0.717, 1.165) is 0 Å². The smallest absolute Gasteiger partial charge is 0.251 e. The topological polar surface area (TPSA) is 84.2 Å². The Bertz CT molecular complexity index is 465. The van der Waals surface area contributed by atoms with Gasteiger partial charge in [0.2, 0.25) is 5.91 Å². The lowest BCUT2D eigenvalue weighted by Gasteiger charge is -2.12. The summed E-state index contributed by atoms with van der Waals surface area (Å²) in [7, 11) is 0. The number of rotatable bonds is 7. The molecule has 0 saturated heterocycles. The van der Waals surface area contributed by atoms with Crippen LogP contribution >= 0.6 is 0 Å². The highest BCUT2D eigenvalue weighted by molar-refractivity contribution is 5.96. The first kappa shape index (κ1) is 15.9. The Balaban J connectivity index is 2.64. The zero-order chi connectivity index (χ0) is 15.0. The minimum atomic E-state index is -0.189. The van der Waals surface area contributed by atoms with Crippen LogP contribution in [0.25, 0.3) is 0 Å². The van der Waals surface area contributed by atoms with Crippen molar-refractivity contribution in [3.05, 3.63) is 42.5 Å². The summed E-state index contributed by atoms with van der Waals surface area (Å²) in [5.41, 5.74) is 6.72. The Morgan fingerprint density at radius 1 is 1.35 bits per heavy atom. The molecule has 0 bridgehead atoms. The van der Waals surface area contributed by atoms with Gasteiger partial charge in [0.25, 0.3) is 5.91 Å². The molecule has 1 unspecified atom stereocenters. The predicted octanol–water partition coefficient (Wildman–Crippen LogP) is 1.53. The normalized spacial score (nSPS) is 11.5. The maximum Gasteiger partial charge on any atom is 0.251 e. The Hall–Kier alpha value is -2.14. The zero-order valence-electron chi connectivity index (χ0n) is 11.7. The largest absolute Gasteiger partial charge is 0.349 e. The second-order valence-electron chi connectivity index (χ2n) is 4.41. The average molecular weight is 275 g/mol. The van der Waals surface area contributed by atoms with Gasteiger partial charge in [-0.2, -0.15) is 0 Å². The molecule has 1 aromatic rings. The third-order valence-corrected chi connectivity index (χ3v) is 2.97. The van der Waals surface area contributed by atoms with E-state index < -0.39 is 0 Å². The lowest BCUT2D eigenvalue weighted by atomic mass is 10.1. The van der Waals surface area contributed by atoms with Crippen molar-refractivity contribution in [2.24, 2.45) is 11.7 Å². The molecule has 5 heteroatoms. The van der Waals surface area contributed by atoms with Crippen molar-refractivity contribution in [1.82, 2.24) is 5.32 Å². The molecule has 0 aliphatic rings. The Morgan fingerprint density at radius 2 is 2.00 bits per heavy atom.